The number of rotatable bonds is 3. The Hall–Kier alpha value is -2.28. The van der Waals surface area contributed by atoms with E-state index in [9.17, 15) is 9.59 Å². The van der Waals surface area contributed by atoms with E-state index in [0.717, 1.165) is 62.9 Å². The van der Waals surface area contributed by atoms with Gasteiger partial charge in [-0.2, -0.15) is 0 Å². The lowest BCUT2D eigenvalue weighted by molar-refractivity contribution is 0.0685. The lowest BCUT2D eigenvalue weighted by Gasteiger charge is -2.41. The van der Waals surface area contributed by atoms with Gasteiger partial charge in [-0.15, -0.1) is 0 Å². The first-order chi connectivity index (χ1) is 14.0. The van der Waals surface area contributed by atoms with Gasteiger partial charge in [-0.25, -0.2) is 9.59 Å². The third kappa shape index (κ3) is 3.68. The van der Waals surface area contributed by atoms with Gasteiger partial charge in [0.25, 0.3) is 0 Å². The Labute approximate surface area is 171 Å². The number of nitrogens with zero attached hydrogens (tertiary/aromatic N) is 4. The lowest BCUT2D eigenvalue weighted by atomic mass is 9.97. The van der Waals surface area contributed by atoms with Gasteiger partial charge in [-0.3, -0.25) is 9.13 Å². The highest BCUT2D eigenvalue weighted by Gasteiger charge is 2.31. The van der Waals surface area contributed by atoms with Crippen LogP contribution in [-0.2, 0) is 4.74 Å². The number of methoxy groups -OCH3 is 1. The molecule has 29 heavy (non-hydrogen) atoms. The van der Waals surface area contributed by atoms with E-state index in [1.807, 2.05) is 21.3 Å². The Kier molecular flexibility index (Phi) is 5.67. The molecule has 2 aromatic rings. The average molecular weight is 401 g/mol. The van der Waals surface area contributed by atoms with E-state index < -0.39 is 0 Å². The third-order valence-electron chi connectivity index (χ3n) is 6.61. The summed E-state index contributed by atoms with van der Waals surface area (Å²) in [6.07, 6.45) is 3.74. The summed E-state index contributed by atoms with van der Waals surface area (Å²) in [5, 5.41) is 0. The molecule has 2 fully saturated rings. The fourth-order valence-electron chi connectivity index (χ4n) is 5.10. The molecule has 2 saturated heterocycles. The maximum atomic E-state index is 13.2. The largest absolute Gasteiger partial charge is 0.453 e. The molecule has 7 heteroatoms. The summed E-state index contributed by atoms with van der Waals surface area (Å²) in [5.74, 6) is 0. The van der Waals surface area contributed by atoms with Crippen LogP contribution in [0.15, 0.2) is 29.1 Å². The van der Waals surface area contributed by atoms with E-state index in [-0.39, 0.29) is 23.9 Å². The van der Waals surface area contributed by atoms with E-state index in [1.165, 1.54) is 7.11 Å². The summed E-state index contributed by atoms with van der Waals surface area (Å²) < 4.78 is 8.79. The van der Waals surface area contributed by atoms with Crippen molar-refractivity contribution in [2.75, 3.05) is 33.3 Å². The van der Waals surface area contributed by atoms with Gasteiger partial charge in [0.2, 0.25) is 0 Å². The van der Waals surface area contributed by atoms with Crippen molar-refractivity contribution in [3.05, 3.63) is 34.7 Å². The van der Waals surface area contributed by atoms with Gasteiger partial charge in [0, 0.05) is 44.3 Å². The number of piperidine rings is 2. The molecule has 2 aliphatic rings. The molecular formula is C22H32N4O3. The van der Waals surface area contributed by atoms with Crippen molar-refractivity contribution < 1.29 is 9.53 Å². The molecular weight excluding hydrogens is 368 g/mol. The molecule has 0 N–H and O–H groups in total. The fourth-order valence-corrected chi connectivity index (χ4v) is 5.10. The third-order valence-corrected chi connectivity index (χ3v) is 6.61. The van der Waals surface area contributed by atoms with Crippen LogP contribution in [0.25, 0.3) is 11.0 Å². The van der Waals surface area contributed by atoms with Crippen LogP contribution in [0.1, 0.15) is 51.6 Å². The van der Waals surface area contributed by atoms with Crippen molar-refractivity contribution in [3.8, 4) is 0 Å². The van der Waals surface area contributed by atoms with Crippen LogP contribution in [0.3, 0.4) is 0 Å². The predicted octanol–water partition coefficient (Wildman–Crippen LogP) is 3.25. The quantitative estimate of drug-likeness (QED) is 0.794. The number of amides is 1. The van der Waals surface area contributed by atoms with E-state index in [4.69, 9.17) is 4.74 Å². The highest BCUT2D eigenvalue weighted by molar-refractivity contribution is 5.76. The number of para-hydroxylation sites is 2. The molecule has 0 atom stereocenters. The van der Waals surface area contributed by atoms with Crippen molar-refractivity contribution in [1.29, 1.82) is 0 Å². The van der Waals surface area contributed by atoms with Crippen LogP contribution >= 0.6 is 0 Å². The van der Waals surface area contributed by atoms with Crippen LogP contribution in [0.2, 0.25) is 0 Å². The molecule has 0 aliphatic carbocycles. The zero-order valence-corrected chi connectivity index (χ0v) is 17.7. The first-order valence-electron chi connectivity index (χ1n) is 10.8. The normalized spacial score (nSPS) is 19.9. The highest BCUT2D eigenvalue weighted by atomic mass is 16.5. The van der Waals surface area contributed by atoms with Crippen LogP contribution in [0, 0.1) is 0 Å². The Morgan fingerprint density at radius 2 is 1.55 bits per heavy atom. The summed E-state index contributed by atoms with van der Waals surface area (Å²) in [5.41, 5.74) is 2.20. The number of hydrogen-bond acceptors (Lipinski definition) is 4. The van der Waals surface area contributed by atoms with Crippen LogP contribution in [0.5, 0.6) is 0 Å². The van der Waals surface area contributed by atoms with E-state index in [2.05, 4.69) is 30.9 Å². The predicted molar refractivity (Wildman–Crippen MR) is 113 cm³/mol. The molecule has 0 radical (unpaired) electrons. The number of carbonyl (C=O) groups is 1. The van der Waals surface area contributed by atoms with Gasteiger partial charge in [0.05, 0.1) is 18.1 Å². The zero-order chi connectivity index (χ0) is 20.5. The molecule has 0 spiro atoms. The second-order valence-corrected chi connectivity index (χ2v) is 8.56. The summed E-state index contributed by atoms with van der Waals surface area (Å²) in [7, 11) is 1.44. The highest BCUT2D eigenvalue weighted by Crippen LogP contribution is 2.29. The molecule has 1 amide bonds. The molecule has 1 aromatic carbocycles. The first-order valence-corrected chi connectivity index (χ1v) is 10.8. The maximum absolute atomic E-state index is 13.2. The van der Waals surface area contributed by atoms with Crippen molar-refractivity contribution in [1.82, 2.24) is 18.9 Å². The number of aromatic nitrogens is 2. The molecule has 0 bridgehead atoms. The van der Waals surface area contributed by atoms with Crippen LogP contribution < -0.4 is 5.69 Å². The van der Waals surface area contributed by atoms with Gasteiger partial charge >= 0.3 is 11.8 Å². The van der Waals surface area contributed by atoms with Crippen molar-refractivity contribution in [2.45, 2.75) is 57.7 Å². The topological polar surface area (TPSA) is 59.7 Å². The Bertz CT molecular complexity index is 916. The molecule has 0 saturated carbocycles. The number of carbonyl (C=O) groups excluding carboxylic acids is 1. The molecule has 7 nitrogen and oxygen atoms in total. The van der Waals surface area contributed by atoms with Crippen molar-refractivity contribution in [2.24, 2.45) is 0 Å². The summed E-state index contributed by atoms with van der Waals surface area (Å²) in [6, 6.07) is 9.07. The van der Waals surface area contributed by atoms with Gasteiger partial charge in [0.15, 0.2) is 0 Å². The number of benzene rings is 1. The smallest absolute Gasteiger partial charge is 0.409 e. The maximum Gasteiger partial charge on any atom is 0.409 e. The van der Waals surface area contributed by atoms with Crippen LogP contribution in [0.4, 0.5) is 4.79 Å². The fraction of sp³-hybridized carbons (Fsp3) is 0.636. The van der Waals surface area contributed by atoms with Crippen molar-refractivity contribution >= 4 is 17.1 Å². The molecule has 3 heterocycles. The minimum absolute atomic E-state index is 0.117. The summed E-state index contributed by atoms with van der Waals surface area (Å²) in [6.45, 7) is 7.67. The second-order valence-electron chi connectivity index (χ2n) is 8.56. The molecule has 4 rings (SSSR count). The minimum atomic E-state index is -0.219. The first kappa shape index (κ1) is 20.0. The van der Waals surface area contributed by atoms with Gasteiger partial charge in [-0.1, -0.05) is 12.1 Å². The minimum Gasteiger partial charge on any atom is -0.453 e. The summed E-state index contributed by atoms with van der Waals surface area (Å²) >= 11 is 0. The number of imidazole rings is 1. The van der Waals surface area contributed by atoms with Crippen molar-refractivity contribution in [3.63, 3.8) is 0 Å². The van der Waals surface area contributed by atoms with Gasteiger partial charge in [-0.05, 0) is 51.7 Å². The van der Waals surface area contributed by atoms with E-state index in [0.29, 0.717) is 6.04 Å². The van der Waals surface area contributed by atoms with E-state index in [1.54, 1.807) is 4.90 Å². The number of likely N-dealkylation sites (tertiary alicyclic amines) is 2. The average Bonchev–Trinajstić information content (AvgIpc) is 3.05. The summed E-state index contributed by atoms with van der Waals surface area (Å²) in [4.78, 5) is 29.2. The monoisotopic (exact) mass is 400 g/mol. The molecule has 158 valence electrons. The second kappa shape index (κ2) is 8.22. The van der Waals surface area contributed by atoms with E-state index >= 15 is 0 Å². The lowest BCUT2D eigenvalue weighted by Crippen LogP contribution is -2.49. The Morgan fingerprint density at radius 1 is 0.966 bits per heavy atom. The Balaban J connectivity index is 1.45. The number of ether oxygens (including phenoxy) is 1. The molecule has 1 aromatic heterocycles. The van der Waals surface area contributed by atoms with Gasteiger partial charge in [0.1, 0.15) is 0 Å². The SMILES string of the molecule is COC(=O)N1CCC(N2CCC(n3c(=O)n(C(C)C)c4ccccc43)CC2)CC1. The molecule has 0 unspecified atom stereocenters. The molecule has 2 aliphatic heterocycles. The zero-order valence-electron chi connectivity index (χ0n) is 17.7. The number of hydrogen-bond donors (Lipinski definition) is 0. The standard InChI is InChI=1S/C22H32N4O3/c1-16(2)25-19-6-4-5-7-20(19)26(21(25)27)18-10-12-23(13-11-18)17-8-14-24(15-9-17)22(28)29-3/h4-7,16-18H,8-15H2,1-3H3. The number of fused-ring (bicyclic) bond motifs is 1. The Morgan fingerprint density at radius 3 is 2.14 bits per heavy atom. The van der Waals surface area contributed by atoms with Gasteiger partial charge < -0.3 is 14.5 Å². The van der Waals surface area contributed by atoms with Crippen LogP contribution in [-0.4, -0.2) is 64.4 Å².